The first-order valence-corrected chi connectivity index (χ1v) is 6.86. The number of nitrogens with two attached hydrogens (primary N) is 1. The van der Waals surface area contributed by atoms with Crippen molar-refractivity contribution in [2.45, 2.75) is 0 Å². The van der Waals surface area contributed by atoms with E-state index in [0.717, 1.165) is 5.56 Å². The maximum atomic E-state index is 11.5. The summed E-state index contributed by atoms with van der Waals surface area (Å²) in [6, 6.07) is 8.40. The molecule has 0 aliphatic heterocycles. The van der Waals surface area contributed by atoms with Gasteiger partial charge in [-0.25, -0.2) is 4.79 Å². The summed E-state index contributed by atoms with van der Waals surface area (Å²) in [7, 11) is 1.30. The summed E-state index contributed by atoms with van der Waals surface area (Å²) in [5.74, 6) is 0.592. The standard InChI is InChI=1S/C14H12ClN3O3S/c1-20-13(19)10-4-2-8(6-11(10)15)12-5-3-9(21-12)7-17-18-14(16)22/h2-7H,1H3,(H3,16,18,22)/b17-7-. The van der Waals surface area contributed by atoms with Gasteiger partial charge in [-0.3, -0.25) is 5.43 Å². The number of methoxy groups -OCH3 is 1. The Morgan fingerprint density at radius 3 is 2.86 bits per heavy atom. The lowest BCUT2D eigenvalue weighted by atomic mass is 10.1. The Morgan fingerprint density at radius 2 is 2.23 bits per heavy atom. The fourth-order valence-electron chi connectivity index (χ4n) is 1.68. The maximum absolute atomic E-state index is 11.5. The third-order valence-electron chi connectivity index (χ3n) is 2.65. The van der Waals surface area contributed by atoms with Gasteiger partial charge in [-0.05, 0) is 36.5 Å². The SMILES string of the molecule is COC(=O)c1ccc(-c2ccc(/C=N\NC(N)=S)o2)cc1Cl. The number of thiocarbonyl (C=S) groups is 1. The highest BCUT2D eigenvalue weighted by Crippen LogP contribution is 2.27. The number of ether oxygens (including phenoxy) is 1. The topological polar surface area (TPSA) is 89.8 Å². The van der Waals surface area contributed by atoms with Crippen LogP contribution in [0.4, 0.5) is 0 Å². The molecule has 0 bridgehead atoms. The van der Waals surface area contributed by atoms with Gasteiger partial charge in [0.25, 0.3) is 0 Å². The molecule has 0 saturated carbocycles. The van der Waals surface area contributed by atoms with Crippen LogP contribution in [0.15, 0.2) is 39.9 Å². The second-order valence-corrected chi connectivity index (χ2v) is 4.97. The second-order valence-electron chi connectivity index (χ2n) is 4.12. The van der Waals surface area contributed by atoms with E-state index in [1.54, 1.807) is 30.3 Å². The Morgan fingerprint density at radius 1 is 1.45 bits per heavy atom. The number of carbonyl (C=O) groups is 1. The van der Waals surface area contributed by atoms with Crippen molar-refractivity contribution in [3.8, 4) is 11.3 Å². The summed E-state index contributed by atoms with van der Waals surface area (Å²) in [6.45, 7) is 0. The Bertz CT molecular complexity index is 743. The van der Waals surface area contributed by atoms with Crippen LogP contribution in [-0.4, -0.2) is 24.4 Å². The molecule has 0 atom stereocenters. The van der Waals surface area contributed by atoms with E-state index < -0.39 is 5.97 Å². The summed E-state index contributed by atoms with van der Waals surface area (Å²) < 4.78 is 10.2. The monoisotopic (exact) mass is 337 g/mol. The summed E-state index contributed by atoms with van der Waals surface area (Å²) in [5, 5.41) is 4.14. The van der Waals surface area contributed by atoms with Gasteiger partial charge >= 0.3 is 5.97 Å². The van der Waals surface area contributed by atoms with Gasteiger partial charge in [0.2, 0.25) is 0 Å². The van der Waals surface area contributed by atoms with Crippen LogP contribution in [0.3, 0.4) is 0 Å². The van der Waals surface area contributed by atoms with Gasteiger partial charge in [-0.2, -0.15) is 5.10 Å². The van der Waals surface area contributed by atoms with Crippen molar-refractivity contribution in [2.24, 2.45) is 10.8 Å². The number of rotatable bonds is 4. The number of halogens is 1. The van der Waals surface area contributed by atoms with Gasteiger partial charge in [0.1, 0.15) is 11.5 Å². The Labute approximate surface area is 136 Å². The third kappa shape index (κ3) is 3.84. The summed E-state index contributed by atoms with van der Waals surface area (Å²) in [4.78, 5) is 11.5. The van der Waals surface area contributed by atoms with E-state index in [1.165, 1.54) is 13.3 Å². The van der Waals surface area contributed by atoms with Crippen molar-refractivity contribution in [1.82, 2.24) is 5.43 Å². The van der Waals surface area contributed by atoms with Crippen molar-refractivity contribution < 1.29 is 13.9 Å². The minimum absolute atomic E-state index is 0.0632. The molecule has 1 heterocycles. The molecule has 0 radical (unpaired) electrons. The van der Waals surface area contributed by atoms with E-state index >= 15 is 0 Å². The second kappa shape index (κ2) is 7.06. The molecule has 0 spiro atoms. The van der Waals surface area contributed by atoms with Crippen LogP contribution in [0.2, 0.25) is 5.02 Å². The average molecular weight is 338 g/mol. The lowest BCUT2D eigenvalue weighted by Gasteiger charge is -2.04. The first kappa shape index (κ1) is 16.0. The molecule has 1 aromatic heterocycles. The van der Waals surface area contributed by atoms with Gasteiger partial charge in [0, 0.05) is 5.56 Å². The molecule has 0 fully saturated rings. The predicted octanol–water partition coefficient (Wildman–Crippen LogP) is 2.55. The third-order valence-corrected chi connectivity index (χ3v) is 3.06. The fraction of sp³-hybridized carbons (Fsp3) is 0.0714. The summed E-state index contributed by atoms with van der Waals surface area (Å²) in [6.07, 6.45) is 1.44. The molecule has 2 aromatic rings. The molecule has 6 nitrogen and oxygen atoms in total. The number of nitrogens with one attached hydrogen (secondary N) is 1. The summed E-state index contributed by atoms with van der Waals surface area (Å²) in [5.41, 5.74) is 8.68. The highest BCUT2D eigenvalue weighted by atomic mass is 35.5. The van der Waals surface area contributed by atoms with Crippen molar-refractivity contribution in [1.29, 1.82) is 0 Å². The van der Waals surface area contributed by atoms with Crippen LogP contribution >= 0.6 is 23.8 Å². The molecule has 114 valence electrons. The van der Waals surface area contributed by atoms with Crippen LogP contribution in [-0.2, 0) is 4.74 Å². The molecule has 1 aromatic carbocycles. The number of hydrazone groups is 1. The molecular formula is C14H12ClN3O3S. The van der Waals surface area contributed by atoms with E-state index in [2.05, 4.69) is 27.5 Å². The number of furan rings is 1. The first-order chi connectivity index (χ1) is 10.5. The predicted molar refractivity (Wildman–Crippen MR) is 88.0 cm³/mol. The molecule has 0 unspecified atom stereocenters. The highest BCUT2D eigenvalue weighted by Gasteiger charge is 2.12. The van der Waals surface area contributed by atoms with Crippen molar-refractivity contribution in [2.75, 3.05) is 7.11 Å². The lowest BCUT2D eigenvalue weighted by Crippen LogP contribution is -2.23. The minimum Gasteiger partial charge on any atom is -0.465 e. The van der Waals surface area contributed by atoms with Crippen molar-refractivity contribution in [3.05, 3.63) is 46.7 Å². The van der Waals surface area contributed by atoms with Crippen molar-refractivity contribution in [3.63, 3.8) is 0 Å². The van der Waals surface area contributed by atoms with Crippen molar-refractivity contribution >= 4 is 41.1 Å². The Hall–Kier alpha value is -2.38. The number of hydrogen-bond donors (Lipinski definition) is 2. The zero-order chi connectivity index (χ0) is 16.1. The van der Waals surface area contributed by atoms with E-state index in [-0.39, 0.29) is 10.1 Å². The number of benzene rings is 1. The number of carbonyl (C=O) groups excluding carboxylic acids is 1. The molecule has 0 aliphatic carbocycles. The quantitative estimate of drug-likeness (QED) is 0.386. The van der Waals surface area contributed by atoms with Gasteiger partial charge < -0.3 is 14.9 Å². The number of nitrogens with zero attached hydrogens (tertiary/aromatic N) is 1. The number of hydrogen-bond acceptors (Lipinski definition) is 5. The largest absolute Gasteiger partial charge is 0.465 e. The zero-order valence-electron chi connectivity index (χ0n) is 11.5. The van der Waals surface area contributed by atoms with Gasteiger partial charge in [-0.15, -0.1) is 0 Å². The number of esters is 1. The van der Waals surface area contributed by atoms with Crippen LogP contribution < -0.4 is 11.2 Å². The zero-order valence-corrected chi connectivity index (χ0v) is 13.1. The smallest absolute Gasteiger partial charge is 0.339 e. The minimum atomic E-state index is -0.493. The van der Waals surface area contributed by atoms with E-state index in [9.17, 15) is 4.79 Å². The molecule has 0 aliphatic rings. The Kier molecular flexibility index (Phi) is 5.13. The van der Waals surface area contributed by atoms with Crippen LogP contribution in [0.1, 0.15) is 16.1 Å². The van der Waals surface area contributed by atoms with Crippen LogP contribution in [0.25, 0.3) is 11.3 Å². The molecule has 0 saturated heterocycles. The molecule has 8 heteroatoms. The molecule has 22 heavy (non-hydrogen) atoms. The maximum Gasteiger partial charge on any atom is 0.339 e. The Balaban J connectivity index is 2.21. The molecule has 3 N–H and O–H groups in total. The van der Waals surface area contributed by atoms with E-state index in [0.29, 0.717) is 17.1 Å². The fourth-order valence-corrected chi connectivity index (χ4v) is 1.99. The van der Waals surface area contributed by atoms with E-state index in [1.807, 2.05) is 0 Å². The van der Waals surface area contributed by atoms with E-state index in [4.69, 9.17) is 21.8 Å². The first-order valence-electron chi connectivity index (χ1n) is 6.08. The summed E-state index contributed by atoms with van der Waals surface area (Å²) >= 11 is 10.7. The highest BCUT2D eigenvalue weighted by molar-refractivity contribution is 7.80. The average Bonchev–Trinajstić information content (AvgIpc) is 2.95. The molecular weight excluding hydrogens is 326 g/mol. The molecule has 0 amide bonds. The van der Waals surface area contributed by atoms with Gasteiger partial charge in [-0.1, -0.05) is 17.7 Å². The van der Waals surface area contributed by atoms with Crippen LogP contribution in [0.5, 0.6) is 0 Å². The normalized spacial score (nSPS) is 10.6. The van der Waals surface area contributed by atoms with Gasteiger partial charge in [0.05, 0.1) is 23.9 Å². The van der Waals surface area contributed by atoms with Crippen LogP contribution in [0, 0.1) is 0 Å². The lowest BCUT2D eigenvalue weighted by molar-refractivity contribution is 0.0601. The molecule has 2 rings (SSSR count). The van der Waals surface area contributed by atoms with Gasteiger partial charge in [0.15, 0.2) is 5.11 Å².